The lowest BCUT2D eigenvalue weighted by molar-refractivity contribution is 0.235. The Labute approximate surface area is 63.5 Å². The topological polar surface area (TPSA) is 12.0 Å². The number of hydrogen-bond acceptors (Lipinski definition) is 1. The van der Waals surface area contributed by atoms with Crippen LogP contribution in [-0.4, -0.2) is 12.1 Å². The van der Waals surface area contributed by atoms with Crippen molar-refractivity contribution >= 4 is 0 Å². The Bertz CT molecular complexity index is 114. The van der Waals surface area contributed by atoms with Gasteiger partial charge in [-0.15, -0.1) is 6.58 Å². The van der Waals surface area contributed by atoms with E-state index < -0.39 is 0 Å². The summed E-state index contributed by atoms with van der Waals surface area (Å²) in [7, 11) is 0. The van der Waals surface area contributed by atoms with Gasteiger partial charge in [-0.2, -0.15) is 0 Å². The predicted octanol–water partition coefficient (Wildman–Crippen LogP) is 1.95. The van der Waals surface area contributed by atoms with Gasteiger partial charge in [0.15, 0.2) is 0 Å². The van der Waals surface area contributed by atoms with Crippen LogP contribution in [0, 0.1) is 5.92 Å². The molecule has 1 atom stereocenters. The number of hydrogen-bond donors (Lipinski definition) is 1. The first-order valence-electron chi connectivity index (χ1n) is 4.11. The van der Waals surface area contributed by atoms with Gasteiger partial charge in [0.2, 0.25) is 0 Å². The van der Waals surface area contributed by atoms with Crippen molar-refractivity contribution in [2.75, 3.05) is 0 Å². The largest absolute Gasteiger partial charge is 0.308 e. The van der Waals surface area contributed by atoms with E-state index in [0.717, 1.165) is 12.0 Å². The molecule has 1 fully saturated rings. The maximum Gasteiger partial charge on any atom is 0.0221 e. The van der Waals surface area contributed by atoms with Crippen LogP contribution in [0.5, 0.6) is 0 Å². The fourth-order valence-electron chi connectivity index (χ4n) is 1.48. The lowest BCUT2D eigenvalue weighted by atomic mass is 9.81. The second-order valence-corrected chi connectivity index (χ2v) is 3.46. The summed E-state index contributed by atoms with van der Waals surface area (Å²) in [5.74, 6) is 0.939. The fraction of sp³-hybridized carbons (Fsp3) is 0.778. The smallest absolute Gasteiger partial charge is 0.0221 e. The first-order chi connectivity index (χ1) is 4.72. The summed E-state index contributed by atoms with van der Waals surface area (Å²) in [6.07, 6.45) is 4.65. The van der Waals surface area contributed by atoms with Crippen molar-refractivity contribution in [1.29, 1.82) is 0 Å². The van der Waals surface area contributed by atoms with Crippen molar-refractivity contribution < 1.29 is 0 Å². The minimum absolute atomic E-state index is 0.484. The van der Waals surface area contributed by atoms with E-state index in [1.165, 1.54) is 12.8 Å². The molecule has 1 unspecified atom stereocenters. The van der Waals surface area contributed by atoms with Crippen molar-refractivity contribution in [3.63, 3.8) is 0 Å². The molecule has 1 aliphatic carbocycles. The molecule has 0 heterocycles. The van der Waals surface area contributed by atoms with Gasteiger partial charge < -0.3 is 5.32 Å². The molecule has 1 aliphatic rings. The highest BCUT2D eigenvalue weighted by Gasteiger charge is 2.25. The van der Waals surface area contributed by atoms with Crippen molar-refractivity contribution in [2.24, 2.45) is 5.92 Å². The van der Waals surface area contributed by atoms with Crippen molar-refractivity contribution in [3.05, 3.63) is 12.7 Å². The summed E-state index contributed by atoms with van der Waals surface area (Å²) in [6, 6.07) is 1.25. The van der Waals surface area contributed by atoms with E-state index in [2.05, 4.69) is 25.7 Å². The Hall–Kier alpha value is -0.300. The Morgan fingerprint density at radius 1 is 1.60 bits per heavy atom. The van der Waals surface area contributed by atoms with Gasteiger partial charge in [-0.3, -0.25) is 0 Å². The first kappa shape index (κ1) is 7.80. The Kier molecular flexibility index (Phi) is 2.50. The van der Waals surface area contributed by atoms with Crippen molar-refractivity contribution in [1.82, 2.24) is 5.32 Å². The minimum atomic E-state index is 0.484. The molecule has 1 nitrogen and oxygen atoms in total. The molecule has 0 aromatic rings. The van der Waals surface area contributed by atoms with Gasteiger partial charge in [0.1, 0.15) is 0 Å². The first-order valence-corrected chi connectivity index (χ1v) is 4.11. The third kappa shape index (κ3) is 1.84. The molecular weight excluding hydrogens is 122 g/mol. The van der Waals surface area contributed by atoms with Crippen molar-refractivity contribution in [2.45, 2.75) is 38.8 Å². The van der Waals surface area contributed by atoms with Gasteiger partial charge in [0.25, 0.3) is 0 Å². The van der Waals surface area contributed by atoms with E-state index in [4.69, 9.17) is 0 Å². The minimum Gasteiger partial charge on any atom is -0.308 e. The average molecular weight is 139 g/mol. The molecular formula is C9H17N. The molecule has 0 bridgehead atoms. The van der Waals surface area contributed by atoms with E-state index in [1.807, 2.05) is 6.08 Å². The highest BCUT2D eigenvalue weighted by atomic mass is 15.0. The molecule has 1 saturated carbocycles. The van der Waals surface area contributed by atoms with Crippen LogP contribution >= 0.6 is 0 Å². The molecule has 0 spiro atoms. The number of rotatable bonds is 3. The third-order valence-corrected chi connectivity index (χ3v) is 2.23. The second kappa shape index (κ2) is 3.20. The zero-order valence-electron chi connectivity index (χ0n) is 6.93. The van der Waals surface area contributed by atoms with E-state index in [-0.39, 0.29) is 0 Å². The summed E-state index contributed by atoms with van der Waals surface area (Å²) < 4.78 is 0. The average Bonchev–Trinajstić information content (AvgIpc) is 1.84. The second-order valence-electron chi connectivity index (χ2n) is 3.46. The monoisotopic (exact) mass is 139 g/mol. The lowest BCUT2D eigenvalue weighted by Crippen LogP contribution is -2.43. The van der Waals surface area contributed by atoms with Gasteiger partial charge in [0.05, 0.1) is 0 Å². The molecule has 1 N–H and O–H groups in total. The van der Waals surface area contributed by atoms with Gasteiger partial charge in [-0.25, -0.2) is 0 Å². The predicted molar refractivity (Wildman–Crippen MR) is 45.0 cm³/mol. The van der Waals surface area contributed by atoms with Gasteiger partial charge in [-0.05, 0) is 25.7 Å². The van der Waals surface area contributed by atoms with E-state index in [1.54, 1.807) is 0 Å². The van der Waals surface area contributed by atoms with Crippen LogP contribution in [0.1, 0.15) is 26.7 Å². The third-order valence-electron chi connectivity index (χ3n) is 2.23. The molecule has 0 aliphatic heterocycles. The van der Waals surface area contributed by atoms with Gasteiger partial charge in [0, 0.05) is 12.1 Å². The molecule has 58 valence electrons. The SMILES string of the molecule is C=CC(C)NC1CC(C)C1. The lowest BCUT2D eigenvalue weighted by Gasteiger charge is -2.35. The van der Waals surface area contributed by atoms with Crippen LogP contribution < -0.4 is 5.32 Å². The van der Waals surface area contributed by atoms with Crippen LogP contribution in [-0.2, 0) is 0 Å². The summed E-state index contributed by atoms with van der Waals surface area (Å²) in [6.45, 7) is 8.18. The standard InChI is InChI=1S/C9H17N/c1-4-8(3)10-9-5-7(2)6-9/h4,7-10H,1,5-6H2,2-3H3. The summed E-state index contributed by atoms with van der Waals surface area (Å²) in [5, 5.41) is 3.48. The highest BCUT2D eigenvalue weighted by molar-refractivity contribution is 4.89. The normalized spacial score (nSPS) is 34.6. The van der Waals surface area contributed by atoms with Crippen LogP contribution in [0.15, 0.2) is 12.7 Å². The maximum absolute atomic E-state index is 3.73. The molecule has 0 saturated heterocycles. The Morgan fingerprint density at radius 2 is 2.20 bits per heavy atom. The quantitative estimate of drug-likeness (QED) is 0.589. The molecule has 1 rings (SSSR count). The molecule has 1 heteroatoms. The molecule has 0 radical (unpaired) electrons. The zero-order chi connectivity index (χ0) is 7.56. The van der Waals surface area contributed by atoms with Crippen LogP contribution in [0.25, 0.3) is 0 Å². The van der Waals surface area contributed by atoms with Gasteiger partial charge in [-0.1, -0.05) is 13.0 Å². The molecule has 0 amide bonds. The molecule has 0 aromatic heterocycles. The van der Waals surface area contributed by atoms with Gasteiger partial charge >= 0.3 is 0 Å². The highest BCUT2D eigenvalue weighted by Crippen LogP contribution is 2.26. The summed E-state index contributed by atoms with van der Waals surface area (Å²) in [5.41, 5.74) is 0. The van der Waals surface area contributed by atoms with E-state index in [9.17, 15) is 0 Å². The summed E-state index contributed by atoms with van der Waals surface area (Å²) >= 11 is 0. The van der Waals surface area contributed by atoms with E-state index >= 15 is 0 Å². The fourth-order valence-corrected chi connectivity index (χ4v) is 1.48. The molecule has 10 heavy (non-hydrogen) atoms. The molecule has 0 aromatic carbocycles. The van der Waals surface area contributed by atoms with Crippen molar-refractivity contribution in [3.8, 4) is 0 Å². The van der Waals surface area contributed by atoms with Crippen LogP contribution in [0.4, 0.5) is 0 Å². The van der Waals surface area contributed by atoms with Crippen LogP contribution in [0.3, 0.4) is 0 Å². The Balaban J connectivity index is 2.10. The summed E-state index contributed by atoms with van der Waals surface area (Å²) in [4.78, 5) is 0. The number of nitrogens with one attached hydrogen (secondary N) is 1. The zero-order valence-corrected chi connectivity index (χ0v) is 6.93. The Morgan fingerprint density at radius 3 is 2.60 bits per heavy atom. The van der Waals surface area contributed by atoms with Crippen LogP contribution in [0.2, 0.25) is 0 Å². The maximum atomic E-state index is 3.73. The van der Waals surface area contributed by atoms with E-state index in [0.29, 0.717) is 6.04 Å².